The number of benzene rings is 2. The number of barbiturate groups is 1. The number of urea groups is 1. The zero-order valence-electron chi connectivity index (χ0n) is 15.4. The Hall–Kier alpha value is -2.99. The molecular formula is C21H22N2O4. The molecule has 1 heterocycles. The fourth-order valence-corrected chi connectivity index (χ4v) is 3.50. The first-order valence-electron chi connectivity index (χ1n) is 8.82. The molecule has 0 spiro atoms. The number of hydrogen-bond acceptors (Lipinski definition) is 4. The molecule has 1 aliphatic rings. The van der Waals surface area contributed by atoms with E-state index in [0.29, 0.717) is 5.56 Å². The van der Waals surface area contributed by atoms with E-state index in [0.717, 1.165) is 15.4 Å². The summed E-state index contributed by atoms with van der Waals surface area (Å²) in [6, 6.07) is 17.5. The highest BCUT2D eigenvalue weighted by molar-refractivity contribution is 6.22. The molecule has 0 bridgehead atoms. The van der Waals surface area contributed by atoms with Gasteiger partial charge >= 0.3 is 6.03 Å². The average molecular weight is 366 g/mol. The molecule has 2 aromatic carbocycles. The average Bonchev–Trinajstić information content (AvgIpc) is 2.71. The van der Waals surface area contributed by atoms with E-state index in [9.17, 15) is 14.4 Å². The van der Waals surface area contributed by atoms with Crippen LogP contribution in [-0.2, 0) is 26.3 Å². The van der Waals surface area contributed by atoms with Crippen LogP contribution in [-0.4, -0.2) is 41.5 Å². The molecule has 4 amide bonds. The van der Waals surface area contributed by atoms with Crippen molar-refractivity contribution in [1.82, 2.24) is 9.80 Å². The Morgan fingerprint density at radius 1 is 0.852 bits per heavy atom. The second kappa shape index (κ2) is 7.72. The second-order valence-electron chi connectivity index (χ2n) is 6.44. The topological polar surface area (TPSA) is 66.9 Å². The van der Waals surface area contributed by atoms with E-state index in [-0.39, 0.29) is 19.7 Å². The molecule has 3 rings (SSSR count). The van der Waals surface area contributed by atoms with Gasteiger partial charge in [0.2, 0.25) is 0 Å². The Kier molecular flexibility index (Phi) is 5.37. The lowest BCUT2D eigenvalue weighted by molar-refractivity contribution is -0.155. The van der Waals surface area contributed by atoms with Gasteiger partial charge < -0.3 is 4.74 Å². The normalized spacial score (nSPS) is 20.3. The van der Waals surface area contributed by atoms with Gasteiger partial charge in [-0.25, -0.2) is 9.69 Å². The van der Waals surface area contributed by atoms with Gasteiger partial charge in [0.25, 0.3) is 11.8 Å². The minimum Gasteiger partial charge on any atom is -0.364 e. The summed E-state index contributed by atoms with van der Waals surface area (Å²) in [4.78, 5) is 41.8. The Labute approximate surface area is 158 Å². The fourth-order valence-electron chi connectivity index (χ4n) is 3.50. The van der Waals surface area contributed by atoms with Crippen LogP contribution >= 0.6 is 0 Å². The molecule has 6 heteroatoms. The Bertz CT molecular complexity index is 838. The SMILES string of the molecule is CC[C@]1(c2ccccc2)C(=O)N(COC)C(=O)N(Cc2ccccc2)C1=O. The van der Waals surface area contributed by atoms with Crippen LogP contribution in [0, 0.1) is 0 Å². The molecule has 6 nitrogen and oxygen atoms in total. The summed E-state index contributed by atoms with van der Waals surface area (Å²) in [5.74, 6) is -1.04. The van der Waals surface area contributed by atoms with Gasteiger partial charge in [-0.1, -0.05) is 67.6 Å². The summed E-state index contributed by atoms with van der Waals surface area (Å²) in [6.45, 7) is 1.68. The van der Waals surface area contributed by atoms with Crippen molar-refractivity contribution in [2.45, 2.75) is 25.3 Å². The lowest BCUT2D eigenvalue weighted by Crippen LogP contribution is -2.67. The number of methoxy groups -OCH3 is 1. The predicted octanol–water partition coefficient (Wildman–Crippen LogP) is 2.93. The van der Waals surface area contributed by atoms with E-state index in [1.54, 1.807) is 31.2 Å². The number of rotatable bonds is 6. The van der Waals surface area contributed by atoms with Crippen LogP contribution in [0.15, 0.2) is 60.7 Å². The number of imide groups is 2. The van der Waals surface area contributed by atoms with Crippen molar-refractivity contribution in [1.29, 1.82) is 0 Å². The van der Waals surface area contributed by atoms with Crippen molar-refractivity contribution in [3.8, 4) is 0 Å². The van der Waals surface area contributed by atoms with Crippen molar-refractivity contribution < 1.29 is 19.1 Å². The molecule has 0 N–H and O–H groups in total. The summed E-state index contributed by atoms with van der Waals surface area (Å²) in [5, 5.41) is 0. The molecule has 1 fully saturated rings. The van der Waals surface area contributed by atoms with Crippen LogP contribution in [0.2, 0.25) is 0 Å². The van der Waals surface area contributed by atoms with Crippen molar-refractivity contribution in [3.05, 3.63) is 71.8 Å². The summed E-state index contributed by atoms with van der Waals surface area (Å²) in [6.07, 6.45) is 0.244. The zero-order chi connectivity index (χ0) is 19.4. The molecule has 0 unspecified atom stereocenters. The van der Waals surface area contributed by atoms with Crippen LogP contribution in [0.1, 0.15) is 24.5 Å². The highest BCUT2D eigenvalue weighted by Crippen LogP contribution is 2.37. The number of nitrogens with zero attached hydrogens (tertiary/aromatic N) is 2. The van der Waals surface area contributed by atoms with E-state index >= 15 is 0 Å². The number of amides is 4. The van der Waals surface area contributed by atoms with E-state index in [1.807, 2.05) is 36.4 Å². The maximum Gasteiger partial charge on any atom is 0.335 e. The molecule has 1 saturated heterocycles. The van der Waals surface area contributed by atoms with Crippen LogP contribution in [0.4, 0.5) is 4.79 Å². The summed E-state index contributed by atoms with van der Waals surface area (Å²) >= 11 is 0. The van der Waals surface area contributed by atoms with E-state index in [4.69, 9.17) is 4.74 Å². The lowest BCUT2D eigenvalue weighted by Gasteiger charge is -2.43. The molecule has 0 radical (unpaired) electrons. The van der Waals surface area contributed by atoms with Crippen molar-refractivity contribution in [2.24, 2.45) is 0 Å². The summed E-state index contributed by atoms with van der Waals surface area (Å²) in [7, 11) is 1.41. The second-order valence-corrected chi connectivity index (χ2v) is 6.44. The maximum absolute atomic E-state index is 13.5. The van der Waals surface area contributed by atoms with E-state index in [1.165, 1.54) is 7.11 Å². The van der Waals surface area contributed by atoms with Gasteiger partial charge in [-0.05, 0) is 17.5 Å². The molecule has 0 saturated carbocycles. The molecule has 2 aromatic rings. The third-order valence-corrected chi connectivity index (χ3v) is 4.92. The standard InChI is InChI=1S/C21H22N2O4/c1-3-21(17-12-8-5-9-13-17)18(24)22(14-16-10-6-4-7-11-16)20(26)23(15-27-2)19(21)25/h4-13H,3,14-15H2,1-2H3/t21-/m1/s1. The third kappa shape index (κ3) is 3.13. The molecule has 1 aliphatic heterocycles. The highest BCUT2D eigenvalue weighted by Gasteiger charge is 2.57. The zero-order valence-corrected chi connectivity index (χ0v) is 15.4. The quantitative estimate of drug-likeness (QED) is 0.737. The first kappa shape index (κ1) is 18.8. The molecule has 0 aromatic heterocycles. The first-order valence-corrected chi connectivity index (χ1v) is 8.82. The molecule has 0 aliphatic carbocycles. The van der Waals surface area contributed by atoms with Gasteiger partial charge in [0, 0.05) is 7.11 Å². The van der Waals surface area contributed by atoms with Gasteiger partial charge in [-0.15, -0.1) is 0 Å². The summed E-state index contributed by atoms with van der Waals surface area (Å²) in [5.41, 5.74) is -0.0548. The third-order valence-electron chi connectivity index (χ3n) is 4.92. The number of ether oxygens (including phenoxy) is 1. The minimum absolute atomic E-state index is 0.0978. The summed E-state index contributed by atoms with van der Waals surface area (Å²) < 4.78 is 5.08. The smallest absolute Gasteiger partial charge is 0.335 e. The first-order chi connectivity index (χ1) is 13.1. The van der Waals surface area contributed by atoms with E-state index < -0.39 is 23.3 Å². The fraction of sp³-hybridized carbons (Fsp3) is 0.286. The van der Waals surface area contributed by atoms with Gasteiger partial charge in [0.1, 0.15) is 6.73 Å². The van der Waals surface area contributed by atoms with Crippen molar-refractivity contribution in [3.63, 3.8) is 0 Å². The van der Waals surface area contributed by atoms with E-state index in [2.05, 4.69) is 0 Å². The van der Waals surface area contributed by atoms with Crippen molar-refractivity contribution >= 4 is 17.8 Å². The predicted molar refractivity (Wildman–Crippen MR) is 99.5 cm³/mol. The Morgan fingerprint density at radius 2 is 1.41 bits per heavy atom. The number of carbonyl (C=O) groups excluding carboxylic acids is 3. The van der Waals surface area contributed by atoms with Crippen LogP contribution in [0.5, 0.6) is 0 Å². The highest BCUT2D eigenvalue weighted by atomic mass is 16.5. The largest absolute Gasteiger partial charge is 0.364 e. The maximum atomic E-state index is 13.5. The number of hydrogen-bond donors (Lipinski definition) is 0. The Balaban J connectivity index is 2.10. The van der Waals surface area contributed by atoms with Crippen LogP contribution in [0.25, 0.3) is 0 Å². The number of carbonyl (C=O) groups is 3. The van der Waals surface area contributed by atoms with Crippen LogP contribution in [0.3, 0.4) is 0 Å². The van der Waals surface area contributed by atoms with Gasteiger partial charge in [-0.3, -0.25) is 14.5 Å². The minimum atomic E-state index is -1.44. The molecule has 140 valence electrons. The van der Waals surface area contributed by atoms with Gasteiger partial charge in [0.05, 0.1) is 6.54 Å². The van der Waals surface area contributed by atoms with Crippen LogP contribution < -0.4 is 0 Å². The van der Waals surface area contributed by atoms with Gasteiger partial charge in [0.15, 0.2) is 5.41 Å². The molecule has 1 atom stereocenters. The van der Waals surface area contributed by atoms with Crippen molar-refractivity contribution in [2.75, 3.05) is 13.8 Å². The Morgan fingerprint density at radius 3 is 1.96 bits per heavy atom. The van der Waals surface area contributed by atoms with Gasteiger partial charge in [-0.2, -0.15) is 0 Å². The lowest BCUT2D eigenvalue weighted by atomic mass is 9.74. The molecule has 27 heavy (non-hydrogen) atoms. The monoisotopic (exact) mass is 366 g/mol. The molecular weight excluding hydrogens is 344 g/mol.